The smallest absolute Gasteiger partial charge is 0.166 e. The van der Waals surface area contributed by atoms with Crippen LogP contribution in [0, 0.1) is 5.92 Å². The van der Waals surface area contributed by atoms with E-state index in [-0.39, 0.29) is 5.78 Å². The van der Waals surface area contributed by atoms with Gasteiger partial charge in [-0.3, -0.25) is 4.79 Å². The number of carbonyl (C=O) groups is 1. The fourth-order valence-electron chi connectivity index (χ4n) is 1.53. The highest BCUT2D eigenvalue weighted by Crippen LogP contribution is 2.21. The molecule has 0 bridgehead atoms. The van der Waals surface area contributed by atoms with Crippen LogP contribution in [-0.2, 0) is 0 Å². The molecule has 0 atom stereocenters. The van der Waals surface area contributed by atoms with E-state index in [2.05, 4.69) is 13.8 Å². The third kappa shape index (κ3) is 3.69. The zero-order valence-corrected chi connectivity index (χ0v) is 10.3. The number of ketones is 1. The van der Waals surface area contributed by atoms with Gasteiger partial charge in [-0.1, -0.05) is 26.0 Å². The van der Waals surface area contributed by atoms with E-state index < -0.39 is 0 Å². The Morgan fingerprint density at radius 2 is 2.00 bits per heavy atom. The largest absolute Gasteiger partial charge is 0.493 e. The van der Waals surface area contributed by atoms with E-state index in [0.717, 1.165) is 6.42 Å². The van der Waals surface area contributed by atoms with E-state index in [0.29, 0.717) is 30.3 Å². The number of Topliss-reactive ketones (excluding diaryl/α,β-unsaturated/α-hetero) is 1. The fraction of sp³-hybridized carbons (Fsp3) is 0.500. The van der Waals surface area contributed by atoms with Crippen LogP contribution < -0.4 is 4.74 Å². The molecule has 0 saturated heterocycles. The minimum absolute atomic E-state index is 0.178. The molecular weight excluding hydrogens is 200 g/mol. The van der Waals surface area contributed by atoms with Gasteiger partial charge in [-0.25, -0.2) is 0 Å². The first kappa shape index (κ1) is 12.8. The molecule has 0 saturated carbocycles. The molecule has 0 aliphatic carbocycles. The number of hydrogen-bond acceptors (Lipinski definition) is 2. The third-order valence-electron chi connectivity index (χ3n) is 2.44. The SMILES string of the molecule is CCOc1ccccc1C(=O)CCC(C)C. The minimum atomic E-state index is 0.178. The van der Waals surface area contributed by atoms with Gasteiger partial charge in [0.25, 0.3) is 0 Å². The second-order valence-electron chi connectivity index (χ2n) is 4.28. The zero-order valence-electron chi connectivity index (χ0n) is 10.3. The summed E-state index contributed by atoms with van der Waals surface area (Å²) in [6, 6.07) is 7.47. The van der Waals surface area contributed by atoms with Crippen LogP contribution >= 0.6 is 0 Å². The van der Waals surface area contributed by atoms with Gasteiger partial charge in [0.1, 0.15) is 5.75 Å². The van der Waals surface area contributed by atoms with Gasteiger partial charge in [0.15, 0.2) is 5.78 Å². The molecule has 0 aromatic heterocycles. The van der Waals surface area contributed by atoms with Crippen LogP contribution in [0.4, 0.5) is 0 Å². The van der Waals surface area contributed by atoms with Crippen molar-refractivity contribution in [1.29, 1.82) is 0 Å². The molecule has 0 N–H and O–H groups in total. The maximum atomic E-state index is 12.0. The third-order valence-corrected chi connectivity index (χ3v) is 2.44. The first-order valence-corrected chi connectivity index (χ1v) is 5.90. The van der Waals surface area contributed by atoms with Gasteiger partial charge < -0.3 is 4.74 Å². The summed E-state index contributed by atoms with van der Waals surface area (Å²) in [6.07, 6.45) is 1.53. The number of para-hydroxylation sites is 1. The number of carbonyl (C=O) groups excluding carboxylic acids is 1. The van der Waals surface area contributed by atoms with Crippen molar-refractivity contribution in [3.8, 4) is 5.75 Å². The van der Waals surface area contributed by atoms with Gasteiger partial charge in [0.05, 0.1) is 12.2 Å². The van der Waals surface area contributed by atoms with E-state index in [9.17, 15) is 4.79 Å². The topological polar surface area (TPSA) is 26.3 Å². The lowest BCUT2D eigenvalue weighted by atomic mass is 10.0. The van der Waals surface area contributed by atoms with Crippen molar-refractivity contribution >= 4 is 5.78 Å². The summed E-state index contributed by atoms with van der Waals surface area (Å²) in [5.74, 6) is 1.44. The summed E-state index contributed by atoms with van der Waals surface area (Å²) in [4.78, 5) is 12.0. The van der Waals surface area contributed by atoms with Gasteiger partial charge in [-0.15, -0.1) is 0 Å². The Labute approximate surface area is 97.6 Å². The monoisotopic (exact) mass is 220 g/mol. The molecule has 2 heteroatoms. The van der Waals surface area contributed by atoms with E-state index in [1.807, 2.05) is 31.2 Å². The number of rotatable bonds is 6. The van der Waals surface area contributed by atoms with E-state index in [4.69, 9.17) is 4.74 Å². The van der Waals surface area contributed by atoms with E-state index in [1.54, 1.807) is 0 Å². The molecule has 1 aromatic carbocycles. The van der Waals surface area contributed by atoms with Gasteiger partial charge in [0.2, 0.25) is 0 Å². The predicted octanol–water partition coefficient (Wildman–Crippen LogP) is 3.70. The lowest BCUT2D eigenvalue weighted by Crippen LogP contribution is -2.05. The van der Waals surface area contributed by atoms with Crippen molar-refractivity contribution < 1.29 is 9.53 Å². The molecule has 0 radical (unpaired) electrons. The van der Waals surface area contributed by atoms with Crippen molar-refractivity contribution in [3.05, 3.63) is 29.8 Å². The molecule has 16 heavy (non-hydrogen) atoms. The molecule has 0 fully saturated rings. The summed E-state index contributed by atoms with van der Waals surface area (Å²) in [5.41, 5.74) is 0.713. The molecule has 2 nitrogen and oxygen atoms in total. The van der Waals surface area contributed by atoms with Crippen LogP contribution in [0.3, 0.4) is 0 Å². The highest BCUT2D eigenvalue weighted by atomic mass is 16.5. The lowest BCUT2D eigenvalue weighted by Gasteiger charge is -2.09. The Kier molecular flexibility index (Phi) is 5.03. The fourth-order valence-corrected chi connectivity index (χ4v) is 1.53. The second-order valence-corrected chi connectivity index (χ2v) is 4.28. The summed E-state index contributed by atoms with van der Waals surface area (Å²) in [7, 11) is 0. The average molecular weight is 220 g/mol. The van der Waals surface area contributed by atoms with Gasteiger partial charge >= 0.3 is 0 Å². The molecule has 88 valence electrons. The van der Waals surface area contributed by atoms with Crippen molar-refractivity contribution in [2.24, 2.45) is 5.92 Å². The Balaban J connectivity index is 2.73. The molecule has 0 aliphatic heterocycles. The molecule has 0 spiro atoms. The van der Waals surface area contributed by atoms with Crippen molar-refractivity contribution in [2.45, 2.75) is 33.6 Å². The predicted molar refractivity (Wildman–Crippen MR) is 66.0 cm³/mol. The van der Waals surface area contributed by atoms with Crippen molar-refractivity contribution in [2.75, 3.05) is 6.61 Å². The standard InChI is InChI=1S/C14H20O2/c1-4-16-14-8-6-5-7-12(14)13(15)10-9-11(2)3/h5-8,11H,4,9-10H2,1-3H3. The van der Waals surface area contributed by atoms with Crippen molar-refractivity contribution in [1.82, 2.24) is 0 Å². The maximum absolute atomic E-state index is 12.0. The average Bonchev–Trinajstić information content (AvgIpc) is 2.27. The first-order chi connectivity index (χ1) is 7.65. The summed E-state index contributed by atoms with van der Waals surface area (Å²) in [5, 5.41) is 0. The second kappa shape index (κ2) is 6.31. The lowest BCUT2D eigenvalue weighted by molar-refractivity contribution is 0.0971. The maximum Gasteiger partial charge on any atom is 0.166 e. The highest BCUT2D eigenvalue weighted by Gasteiger charge is 2.11. The quantitative estimate of drug-likeness (QED) is 0.683. The molecular formula is C14H20O2. The Hall–Kier alpha value is -1.31. The van der Waals surface area contributed by atoms with E-state index >= 15 is 0 Å². The Morgan fingerprint density at radius 3 is 2.62 bits per heavy atom. The van der Waals surface area contributed by atoms with Gasteiger partial charge in [-0.05, 0) is 31.4 Å². The molecule has 1 rings (SSSR count). The first-order valence-electron chi connectivity index (χ1n) is 5.90. The zero-order chi connectivity index (χ0) is 12.0. The van der Waals surface area contributed by atoms with Crippen LogP contribution in [-0.4, -0.2) is 12.4 Å². The van der Waals surface area contributed by atoms with Crippen LogP contribution in [0.5, 0.6) is 5.75 Å². The minimum Gasteiger partial charge on any atom is -0.493 e. The van der Waals surface area contributed by atoms with Crippen LogP contribution in [0.25, 0.3) is 0 Å². The van der Waals surface area contributed by atoms with Crippen LogP contribution in [0.2, 0.25) is 0 Å². The number of benzene rings is 1. The van der Waals surface area contributed by atoms with Gasteiger partial charge in [0, 0.05) is 6.42 Å². The van der Waals surface area contributed by atoms with Gasteiger partial charge in [-0.2, -0.15) is 0 Å². The number of hydrogen-bond donors (Lipinski definition) is 0. The Morgan fingerprint density at radius 1 is 1.31 bits per heavy atom. The summed E-state index contributed by atoms with van der Waals surface area (Å²) >= 11 is 0. The Bertz CT molecular complexity index is 342. The van der Waals surface area contributed by atoms with E-state index in [1.165, 1.54) is 0 Å². The summed E-state index contributed by atoms with van der Waals surface area (Å²) < 4.78 is 5.44. The molecule has 0 heterocycles. The highest BCUT2D eigenvalue weighted by molar-refractivity contribution is 5.98. The van der Waals surface area contributed by atoms with Crippen LogP contribution in [0.1, 0.15) is 44.0 Å². The molecule has 0 aliphatic rings. The van der Waals surface area contributed by atoms with Crippen LogP contribution in [0.15, 0.2) is 24.3 Å². The molecule has 0 amide bonds. The normalized spacial score (nSPS) is 10.5. The molecule has 0 unspecified atom stereocenters. The molecule has 1 aromatic rings. The van der Waals surface area contributed by atoms with Crippen molar-refractivity contribution in [3.63, 3.8) is 0 Å². The summed E-state index contributed by atoms with van der Waals surface area (Å²) in [6.45, 7) is 6.77. The number of ether oxygens (including phenoxy) is 1.